The van der Waals surface area contributed by atoms with E-state index in [9.17, 15) is 0 Å². The number of nitrogens with two attached hydrogens (primary N) is 1. The van der Waals surface area contributed by atoms with E-state index in [1.54, 1.807) is 7.11 Å². The maximum Gasteiger partial charge on any atom is 0.334 e. The fourth-order valence-electron chi connectivity index (χ4n) is 2.53. The minimum absolute atomic E-state index is 0.458. The lowest BCUT2D eigenvalue weighted by Gasteiger charge is -2.43. The molecular weight excluding hydrogens is 274 g/mol. The first-order valence-electron chi connectivity index (χ1n) is 6.89. The molecule has 0 aromatic rings. The Labute approximate surface area is 117 Å². The van der Waals surface area contributed by atoms with Gasteiger partial charge in [-0.2, -0.15) is 0 Å². The molecule has 3 nitrogen and oxygen atoms in total. The largest absolute Gasteiger partial charge is 0.398 e. The van der Waals surface area contributed by atoms with Gasteiger partial charge in [0.1, 0.15) is 0 Å². The molecule has 0 saturated heterocycles. The average Bonchev–Trinajstić information content (AvgIpc) is 2.20. The zero-order valence-electron chi connectivity index (χ0n) is 13.6. The lowest BCUT2D eigenvalue weighted by molar-refractivity contribution is 0.210. The first-order valence-corrected chi connectivity index (χ1v) is 16.6. The van der Waals surface area contributed by atoms with Gasteiger partial charge in [-0.1, -0.05) is 39.3 Å². The van der Waals surface area contributed by atoms with Crippen molar-refractivity contribution in [1.82, 2.24) is 0 Å². The minimum atomic E-state index is -2.04. The van der Waals surface area contributed by atoms with Crippen molar-refractivity contribution in [3.8, 4) is 0 Å². The van der Waals surface area contributed by atoms with Gasteiger partial charge in [0.2, 0.25) is 0 Å². The number of hydrogen-bond acceptors (Lipinski definition) is 3. The molecule has 0 aromatic heterocycles. The van der Waals surface area contributed by atoms with E-state index in [1.807, 2.05) is 0 Å². The highest BCUT2D eigenvalue weighted by molar-refractivity contribution is 6.96. The highest BCUT2D eigenvalue weighted by Crippen LogP contribution is 2.28. The summed E-state index contributed by atoms with van der Waals surface area (Å²) in [5.74, 6) is 0. The molecular formula is C12H33NO2Si3. The highest BCUT2D eigenvalue weighted by atomic mass is 28.4. The van der Waals surface area contributed by atoms with E-state index in [1.165, 1.54) is 0 Å². The van der Waals surface area contributed by atoms with Crippen molar-refractivity contribution in [3.05, 3.63) is 0 Å². The van der Waals surface area contributed by atoms with Gasteiger partial charge >= 0.3 is 8.56 Å². The average molecular weight is 308 g/mol. The summed E-state index contributed by atoms with van der Waals surface area (Å²) in [4.78, 5) is 0. The van der Waals surface area contributed by atoms with Crippen molar-refractivity contribution in [2.45, 2.75) is 63.6 Å². The Bertz CT molecular complexity index is 237. The van der Waals surface area contributed by atoms with E-state index in [0.717, 1.165) is 19.0 Å². The smallest absolute Gasteiger partial charge is 0.334 e. The van der Waals surface area contributed by atoms with Gasteiger partial charge in [0, 0.05) is 12.5 Å². The van der Waals surface area contributed by atoms with E-state index < -0.39 is 24.7 Å². The molecule has 6 heteroatoms. The standard InChI is InChI=1S/C12H33NO2Si3/c1-14-18(8,11-9-10-13)15-12(16(2,3)4)17(5,6)7/h12H,9-11,13H2,1-8H3. The lowest BCUT2D eigenvalue weighted by atomic mass is 10.5. The molecule has 0 aromatic carbocycles. The molecule has 0 rings (SSSR count). The van der Waals surface area contributed by atoms with Crippen LogP contribution in [0.1, 0.15) is 6.42 Å². The third kappa shape index (κ3) is 6.12. The Balaban J connectivity index is 4.95. The molecule has 2 N–H and O–H groups in total. The van der Waals surface area contributed by atoms with Gasteiger partial charge in [-0.3, -0.25) is 0 Å². The maximum absolute atomic E-state index is 6.60. The Morgan fingerprint density at radius 1 is 0.944 bits per heavy atom. The summed E-state index contributed by atoms with van der Waals surface area (Å²) in [6.45, 7) is 17.3. The van der Waals surface area contributed by atoms with E-state index in [2.05, 4.69) is 45.8 Å². The first-order chi connectivity index (χ1) is 7.96. The maximum atomic E-state index is 6.60. The molecule has 1 atom stereocenters. The van der Waals surface area contributed by atoms with Crippen molar-refractivity contribution in [1.29, 1.82) is 0 Å². The summed E-state index contributed by atoms with van der Waals surface area (Å²) in [6, 6.07) is 1.01. The molecule has 0 aliphatic rings. The molecule has 18 heavy (non-hydrogen) atoms. The number of rotatable bonds is 8. The second kappa shape index (κ2) is 6.81. The summed E-state index contributed by atoms with van der Waals surface area (Å²) in [7, 11) is -2.89. The molecule has 0 bridgehead atoms. The zero-order chi connectivity index (χ0) is 14.6. The zero-order valence-corrected chi connectivity index (χ0v) is 16.6. The fraction of sp³-hybridized carbons (Fsp3) is 1.00. The normalized spacial score (nSPS) is 17.0. The van der Waals surface area contributed by atoms with Crippen LogP contribution >= 0.6 is 0 Å². The van der Waals surface area contributed by atoms with Gasteiger partial charge in [-0.15, -0.1) is 0 Å². The lowest BCUT2D eigenvalue weighted by Crippen LogP contribution is -2.60. The topological polar surface area (TPSA) is 44.5 Å². The quantitative estimate of drug-likeness (QED) is 0.700. The third-order valence-electron chi connectivity index (χ3n) is 3.21. The molecule has 0 heterocycles. The van der Waals surface area contributed by atoms with Crippen LogP contribution in [0.4, 0.5) is 0 Å². The molecule has 110 valence electrons. The first kappa shape index (κ1) is 18.5. The number of hydrogen-bond donors (Lipinski definition) is 1. The van der Waals surface area contributed by atoms with Crippen molar-refractivity contribution < 1.29 is 8.85 Å². The molecule has 0 radical (unpaired) electrons. The van der Waals surface area contributed by atoms with Crippen LogP contribution in [0.5, 0.6) is 0 Å². The van der Waals surface area contributed by atoms with Crippen LogP contribution in [0.15, 0.2) is 0 Å². The van der Waals surface area contributed by atoms with Crippen LogP contribution in [-0.2, 0) is 8.85 Å². The molecule has 0 aliphatic carbocycles. The molecule has 0 fully saturated rings. The summed E-state index contributed by atoms with van der Waals surface area (Å²) < 4.78 is 12.4. The molecule has 0 saturated carbocycles. The second-order valence-electron chi connectivity index (χ2n) is 7.46. The fourth-order valence-corrected chi connectivity index (χ4v) is 19.0. The van der Waals surface area contributed by atoms with Gasteiger partial charge < -0.3 is 14.6 Å². The molecule has 0 aliphatic heterocycles. The van der Waals surface area contributed by atoms with Crippen molar-refractivity contribution in [2.75, 3.05) is 13.7 Å². The van der Waals surface area contributed by atoms with Crippen molar-refractivity contribution in [3.63, 3.8) is 0 Å². The van der Waals surface area contributed by atoms with Crippen LogP contribution in [0.25, 0.3) is 0 Å². The van der Waals surface area contributed by atoms with Crippen LogP contribution in [-0.4, -0.2) is 43.7 Å². The summed E-state index contributed by atoms with van der Waals surface area (Å²) >= 11 is 0. The minimum Gasteiger partial charge on any atom is -0.398 e. The van der Waals surface area contributed by atoms with Crippen molar-refractivity contribution >= 4 is 24.7 Å². The molecule has 0 spiro atoms. The molecule has 0 amide bonds. The van der Waals surface area contributed by atoms with E-state index >= 15 is 0 Å². The van der Waals surface area contributed by atoms with Crippen molar-refractivity contribution in [2.24, 2.45) is 5.73 Å². The van der Waals surface area contributed by atoms with Crippen LogP contribution in [0, 0.1) is 0 Å². The summed E-state index contributed by atoms with van der Waals surface area (Å²) in [5, 5.41) is 0.458. The van der Waals surface area contributed by atoms with E-state index in [0.29, 0.717) is 5.35 Å². The second-order valence-corrected chi connectivity index (χ2v) is 22.0. The predicted molar refractivity (Wildman–Crippen MR) is 88.7 cm³/mol. The Hall–Kier alpha value is 0.531. The van der Waals surface area contributed by atoms with Gasteiger partial charge in [0.05, 0.1) is 16.1 Å². The van der Waals surface area contributed by atoms with E-state index in [-0.39, 0.29) is 0 Å². The van der Waals surface area contributed by atoms with Gasteiger partial charge in [0.25, 0.3) is 0 Å². The molecule has 1 unspecified atom stereocenters. The van der Waals surface area contributed by atoms with Crippen LogP contribution in [0.3, 0.4) is 0 Å². The Morgan fingerprint density at radius 3 is 1.67 bits per heavy atom. The Morgan fingerprint density at radius 2 is 1.39 bits per heavy atom. The third-order valence-corrected chi connectivity index (χ3v) is 15.1. The van der Waals surface area contributed by atoms with Gasteiger partial charge in [-0.05, 0) is 25.6 Å². The highest BCUT2D eigenvalue weighted by Gasteiger charge is 2.44. The van der Waals surface area contributed by atoms with Gasteiger partial charge in [0.15, 0.2) is 0 Å². The van der Waals surface area contributed by atoms with E-state index in [4.69, 9.17) is 14.6 Å². The predicted octanol–water partition coefficient (Wildman–Crippen LogP) is 3.19. The summed E-state index contributed by atoms with van der Waals surface area (Å²) in [5.41, 5.74) is 5.62. The monoisotopic (exact) mass is 307 g/mol. The van der Waals surface area contributed by atoms with Gasteiger partial charge in [-0.25, -0.2) is 0 Å². The van der Waals surface area contributed by atoms with Crippen LogP contribution < -0.4 is 5.73 Å². The Kier molecular flexibility index (Phi) is 7.01. The SMILES string of the molecule is CO[Si](C)(CCCN)OC([Si](C)(C)C)[Si](C)(C)C. The summed E-state index contributed by atoms with van der Waals surface area (Å²) in [6.07, 6.45) is 1.00. The van der Waals surface area contributed by atoms with Crippen LogP contribution in [0.2, 0.25) is 51.9 Å².